The highest BCUT2D eigenvalue weighted by atomic mass is 32.2. The summed E-state index contributed by atoms with van der Waals surface area (Å²) < 4.78 is 1.91. The van der Waals surface area contributed by atoms with Crippen LogP contribution in [0.2, 0.25) is 0 Å². The summed E-state index contributed by atoms with van der Waals surface area (Å²) in [5.41, 5.74) is 9.85. The minimum absolute atomic E-state index is 0.429. The Hall–Kier alpha value is -2.73. The molecule has 1 amide bonds. The quantitative estimate of drug-likeness (QED) is 0.702. The molecule has 0 bridgehead atoms. The van der Waals surface area contributed by atoms with Gasteiger partial charge >= 0.3 is 0 Å². The molecular weight excluding hydrogens is 344 g/mol. The predicted molar refractivity (Wildman–Crippen MR) is 110 cm³/mol. The number of hydrogen-bond donors (Lipinski definition) is 1. The molecule has 0 spiro atoms. The van der Waals surface area contributed by atoms with Gasteiger partial charge in [0.05, 0.1) is 10.6 Å². The summed E-state index contributed by atoms with van der Waals surface area (Å²) in [7, 11) is 5.84. The van der Waals surface area contributed by atoms with Crippen molar-refractivity contribution in [3.05, 3.63) is 59.8 Å². The van der Waals surface area contributed by atoms with Gasteiger partial charge in [-0.3, -0.25) is 4.79 Å². The van der Waals surface area contributed by atoms with Crippen LogP contribution in [0.15, 0.2) is 48.1 Å². The van der Waals surface area contributed by atoms with Crippen LogP contribution in [-0.2, 0) is 7.05 Å². The van der Waals surface area contributed by atoms with Crippen molar-refractivity contribution >= 4 is 40.0 Å². The molecule has 0 unspecified atom stereocenters. The Bertz CT molecular complexity index is 1020. The zero-order chi connectivity index (χ0) is 19.0. The van der Waals surface area contributed by atoms with Crippen molar-refractivity contribution in [2.24, 2.45) is 12.8 Å². The van der Waals surface area contributed by atoms with E-state index in [2.05, 4.69) is 11.6 Å². The highest BCUT2D eigenvalue weighted by Crippen LogP contribution is 2.30. The van der Waals surface area contributed by atoms with Crippen molar-refractivity contribution < 1.29 is 4.79 Å². The fraction of sp³-hybridized carbons (Fsp3) is 0.200. The second-order valence-electron chi connectivity index (χ2n) is 6.38. The number of pyridine rings is 1. The molecule has 0 aliphatic rings. The molecule has 0 saturated carbocycles. The largest absolute Gasteiger partial charge is 0.366 e. The van der Waals surface area contributed by atoms with Gasteiger partial charge in [-0.1, -0.05) is 12.6 Å². The van der Waals surface area contributed by atoms with Gasteiger partial charge < -0.3 is 15.2 Å². The molecule has 134 valence electrons. The maximum atomic E-state index is 11.8. The first-order chi connectivity index (χ1) is 12.3. The first-order valence-electron chi connectivity index (χ1n) is 8.13. The third-order valence-electron chi connectivity index (χ3n) is 4.41. The molecule has 2 aromatic heterocycles. The van der Waals surface area contributed by atoms with Gasteiger partial charge in [-0.25, -0.2) is 4.98 Å². The van der Waals surface area contributed by atoms with Crippen LogP contribution in [0.5, 0.6) is 0 Å². The standard InChI is InChI=1S/C20H22N4OS/c1-12(14-9-18(23(2)3)22-19(10-14)26-5)13-6-7-17-15(8-13)16(20(21)25)11-24(17)4/h6-11H,1H2,2-5H3,(H2,21,25). The van der Waals surface area contributed by atoms with Crippen LogP contribution in [0.3, 0.4) is 0 Å². The minimum atomic E-state index is -0.429. The van der Waals surface area contributed by atoms with Gasteiger partial charge in [-0.2, -0.15) is 0 Å². The molecule has 5 nitrogen and oxygen atoms in total. The number of nitrogens with two attached hydrogens (primary N) is 1. The van der Waals surface area contributed by atoms with Gasteiger partial charge in [-0.15, -0.1) is 11.8 Å². The summed E-state index contributed by atoms with van der Waals surface area (Å²) >= 11 is 1.60. The number of carbonyl (C=O) groups excluding carboxylic acids is 1. The lowest BCUT2D eigenvalue weighted by molar-refractivity contribution is 0.100. The molecule has 2 N–H and O–H groups in total. The van der Waals surface area contributed by atoms with E-state index in [0.717, 1.165) is 38.4 Å². The monoisotopic (exact) mass is 366 g/mol. The Labute approximate surface area is 157 Å². The molecule has 0 fully saturated rings. The Kier molecular flexibility index (Phi) is 4.78. The maximum absolute atomic E-state index is 11.8. The Balaban J connectivity index is 2.12. The van der Waals surface area contributed by atoms with Gasteiger partial charge in [-0.05, 0) is 47.2 Å². The first-order valence-corrected chi connectivity index (χ1v) is 9.36. The number of primary amides is 1. The zero-order valence-electron chi connectivity index (χ0n) is 15.4. The van der Waals surface area contributed by atoms with E-state index < -0.39 is 5.91 Å². The Morgan fingerprint density at radius 2 is 1.96 bits per heavy atom. The summed E-state index contributed by atoms with van der Waals surface area (Å²) in [5, 5.41) is 1.77. The average molecular weight is 366 g/mol. The van der Waals surface area contributed by atoms with E-state index >= 15 is 0 Å². The third kappa shape index (κ3) is 3.20. The van der Waals surface area contributed by atoms with Gasteiger partial charge in [0.25, 0.3) is 5.91 Å². The minimum Gasteiger partial charge on any atom is -0.366 e. The van der Waals surface area contributed by atoms with E-state index in [9.17, 15) is 4.79 Å². The van der Waals surface area contributed by atoms with Crippen LogP contribution in [0.25, 0.3) is 16.5 Å². The number of carbonyl (C=O) groups is 1. The number of aryl methyl sites for hydroxylation is 1. The second kappa shape index (κ2) is 6.88. The molecule has 1 aromatic carbocycles. The Morgan fingerprint density at radius 3 is 2.58 bits per heavy atom. The molecule has 3 rings (SSSR count). The van der Waals surface area contributed by atoms with E-state index in [-0.39, 0.29) is 0 Å². The summed E-state index contributed by atoms with van der Waals surface area (Å²) in [4.78, 5) is 18.3. The highest BCUT2D eigenvalue weighted by Gasteiger charge is 2.14. The van der Waals surface area contributed by atoms with Crippen LogP contribution in [0, 0.1) is 0 Å². The number of benzene rings is 1. The van der Waals surface area contributed by atoms with E-state index in [0.29, 0.717) is 5.56 Å². The van der Waals surface area contributed by atoms with Crippen molar-refractivity contribution in [3.8, 4) is 0 Å². The molecule has 0 radical (unpaired) electrons. The van der Waals surface area contributed by atoms with E-state index in [4.69, 9.17) is 5.73 Å². The SMILES string of the molecule is C=C(c1cc(SC)nc(N(C)C)c1)c1ccc2c(c1)c(C(N)=O)cn2C. The topological polar surface area (TPSA) is 64.2 Å². The maximum Gasteiger partial charge on any atom is 0.250 e. The summed E-state index contributed by atoms with van der Waals surface area (Å²) in [6, 6.07) is 10.0. The molecule has 2 heterocycles. The summed E-state index contributed by atoms with van der Waals surface area (Å²) in [6.45, 7) is 4.28. The zero-order valence-corrected chi connectivity index (χ0v) is 16.2. The summed E-state index contributed by atoms with van der Waals surface area (Å²) in [5.74, 6) is 0.452. The van der Waals surface area contributed by atoms with Gasteiger partial charge in [0, 0.05) is 38.2 Å². The lowest BCUT2D eigenvalue weighted by Gasteiger charge is -2.15. The van der Waals surface area contributed by atoms with Crippen LogP contribution in [-0.4, -0.2) is 35.8 Å². The smallest absolute Gasteiger partial charge is 0.250 e. The number of hydrogen-bond acceptors (Lipinski definition) is 4. The van der Waals surface area contributed by atoms with Gasteiger partial charge in [0.15, 0.2) is 0 Å². The molecule has 0 aliphatic carbocycles. The van der Waals surface area contributed by atoms with Crippen molar-refractivity contribution in [1.82, 2.24) is 9.55 Å². The summed E-state index contributed by atoms with van der Waals surface area (Å²) in [6.07, 6.45) is 3.77. The molecule has 26 heavy (non-hydrogen) atoms. The lowest BCUT2D eigenvalue weighted by Crippen LogP contribution is -2.11. The molecule has 0 aliphatic heterocycles. The van der Waals surface area contributed by atoms with Crippen molar-refractivity contribution in [1.29, 1.82) is 0 Å². The number of fused-ring (bicyclic) bond motifs is 1. The van der Waals surface area contributed by atoms with Crippen LogP contribution < -0.4 is 10.6 Å². The van der Waals surface area contributed by atoms with Crippen molar-refractivity contribution in [2.75, 3.05) is 25.3 Å². The molecular formula is C20H22N4OS. The number of thioether (sulfide) groups is 1. The third-order valence-corrected chi connectivity index (χ3v) is 5.03. The van der Waals surface area contributed by atoms with Crippen molar-refractivity contribution in [2.45, 2.75) is 5.03 Å². The fourth-order valence-electron chi connectivity index (χ4n) is 2.94. The second-order valence-corrected chi connectivity index (χ2v) is 7.21. The van der Waals surface area contributed by atoms with E-state index in [1.807, 2.05) is 67.2 Å². The van der Waals surface area contributed by atoms with Crippen LogP contribution >= 0.6 is 11.8 Å². The number of nitrogens with zero attached hydrogens (tertiary/aromatic N) is 3. The van der Waals surface area contributed by atoms with Crippen molar-refractivity contribution in [3.63, 3.8) is 0 Å². The molecule has 3 aromatic rings. The fourth-order valence-corrected chi connectivity index (χ4v) is 3.37. The van der Waals surface area contributed by atoms with Gasteiger partial charge in [0.2, 0.25) is 0 Å². The molecule has 0 saturated heterocycles. The van der Waals surface area contributed by atoms with E-state index in [1.54, 1.807) is 18.0 Å². The lowest BCUT2D eigenvalue weighted by atomic mass is 9.98. The molecule has 0 atom stereocenters. The molecule has 6 heteroatoms. The number of rotatable bonds is 5. The van der Waals surface area contributed by atoms with Crippen LogP contribution in [0.4, 0.5) is 5.82 Å². The average Bonchev–Trinajstić information content (AvgIpc) is 2.97. The Morgan fingerprint density at radius 1 is 1.23 bits per heavy atom. The number of aromatic nitrogens is 2. The van der Waals surface area contributed by atoms with Gasteiger partial charge in [0.1, 0.15) is 5.82 Å². The first kappa shape index (κ1) is 18.1. The predicted octanol–water partition coefficient (Wildman–Crippen LogP) is 3.52. The van der Waals surface area contributed by atoms with Crippen LogP contribution in [0.1, 0.15) is 21.5 Å². The number of anilines is 1. The normalized spacial score (nSPS) is 10.9. The van der Waals surface area contributed by atoms with E-state index in [1.165, 1.54) is 0 Å². The highest BCUT2D eigenvalue weighted by molar-refractivity contribution is 7.98. The number of amides is 1.